The molecule has 1 aliphatic rings. The van der Waals surface area contributed by atoms with Gasteiger partial charge in [-0.25, -0.2) is 0 Å². The van der Waals surface area contributed by atoms with Gasteiger partial charge in [0, 0.05) is 24.4 Å². The number of nitrogens with one attached hydrogen (secondary N) is 1. The first-order valence-corrected chi connectivity index (χ1v) is 12.1. The molecular formula is C27H36N3O2+. The highest BCUT2D eigenvalue weighted by atomic mass is 16.2. The highest BCUT2D eigenvalue weighted by molar-refractivity contribution is 6.30. The summed E-state index contributed by atoms with van der Waals surface area (Å²) in [6.07, 6.45) is 15.8. The lowest BCUT2D eigenvalue weighted by Crippen LogP contribution is -2.39. The quantitative estimate of drug-likeness (QED) is 0.241. The van der Waals surface area contributed by atoms with Crippen molar-refractivity contribution in [3.8, 4) is 0 Å². The number of carbonyl (C=O) groups excluding carboxylic acids is 2. The molecular weight excluding hydrogens is 398 g/mol. The van der Waals surface area contributed by atoms with Crippen LogP contribution in [0.25, 0.3) is 5.70 Å². The van der Waals surface area contributed by atoms with Crippen LogP contribution < -0.4 is 9.88 Å². The SMILES string of the molecule is CCCCCCCCCCCCN1C(=O)C(Nc2ccccc2)=C([n+]2ccccc2)C1=O. The van der Waals surface area contributed by atoms with E-state index in [1.54, 1.807) is 17.0 Å². The number of carbonyl (C=O) groups is 2. The van der Waals surface area contributed by atoms with E-state index < -0.39 is 0 Å². The normalized spacial score (nSPS) is 13.8. The Hall–Kier alpha value is -2.95. The zero-order valence-corrected chi connectivity index (χ0v) is 19.3. The number of rotatable bonds is 14. The standard InChI is InChI=1S/C27H35N3O2/c1-2-3-4-5-6-7-8-9-10-17-22-30-26(31)24(28-23-18-13-11-14-19-23)25(27(30)32)29-20-15-12-16-21-29/h11-16,18-21H,2-10,17,22H2,1H3/p+1. The first kappa shape index (κ1) is 23.7. The van der Waals surface area contributed by atoms with Gasteiger partial charge >= 0.3 is 11.6 Å². The second-order valence-electron chi connectivity index (χ2n) is 8.44. The van der Waals surface area contributed by atoms with Crippen LogP contribution in [0.1, 0.15) is 71.1 Å². The predicted molar refractivity (Wildman–Crippen MR) is 128 cm³/mol. The van der Waals surface area contributed by atoms with Gasteiger partial charge in [-0.1, -0.05) is 89.0 Å². The second-order valence-corrected chi connectivity index (χ2v) is 8.44. The Balaban J connectivity index is 1.55. The predicted octanol–water partition coefficient (Wildman–Crippen LogP) is 5.54. The van der Waals surface area contributed by atoms with Crippen molar-refractivity contribution in [1.82, 2.24) is 4.90 Å². The van der Waals surface area contributed by atoms with E-state index in [1.165, 1.54) is 49.8 Å². The summed E-state index contributed by atoms with van der Waals surface area (Å²) in [7, 11) is 0. The van der Waals surface area contributed by atoms with Crippen molar-refractivity contribution in [3.63, 3.8) is 0 Å². The van der Waals surface area contributed by atoms with Gasteiger partial charge in [0.1, 0.15) is 0 Å². The summed E-state index contributed by atoms with van der Waals surface area (Å²) in [4.78, 5) is 27.8. The van der Waals surface area contributed by atoms with Gasteiger partial charge in [-0.3, -0.25) is 14.5 Å². The molecule has 0 unspecified atom stereocenters. The number of para-hydroxylation sites is 1. The van der Waals surface area contributed by atoms with Gasteiger partial charge in [-0.05, 0) is 18.6 Å². The van der Waals surface area contributed by atoms with Crippen LogP contribution in [-0.4, -0.2) is 23.3 Å². The largest absolute Gasteiger partial charge is 0.345 e. The second kappa shape index (κ2) is 12.8. The smallest absolute Gasteiger partial charge is 0.328 e. The van der Waals surface area contributed by atoms with E-state index in [1.807, 2.05) is 48.5 Å². The number of hydrogen-bond acceptors (Lipinski definition) is 3. The fourth-order valence-electron chi connectivity index (χ4n) is 4.09. The molecule has 2 heterocycles. The van der Waals surface area contributed by atoms with Gasteiger partial charge < -0.3 is 5.32 Å². The Morgan fingerprint density at radius 1 is 0.719 bits per heavy atom. The molecule has 3 rings (SSSR count). The Bertz CT molecular complexity index is 894. The van der Waals surface area contributed by atoms with Gasteiger partial charge in [-0.15, -0.1) is 0 Å². The van der Waals surface area contributed by atoms with E-state index in [-0.39, 0.29) is 11.8 Å². The molecule has 170 valence electrons. The third-order valence-electron chi connectivity index (χ3n) is 5.90. The monoisotopic (exact) mass is 434 g/mol. The number of pyridine rings is 1. The zero-order valence-electron chi connectivity index (χ0n) is 19.3. The molecule has 1 aromatic heterocycles. The van der Waals surface area contributed by atoms with E-state index in [9.17, 15) is 9.59 Å². The summed E-state index contributed by atoms with van der Waals surface area (Å²) >= 11 is 0. The minimum atomic E-state index is -0.249. The molecule has 2 amide bonds. The van der Waals surface area contributed by atoms with E-state index in [0.717, 1.165) is 24.9 Å². The van der Waals surface area contributed by atoms with E-state index in [4.69, 9.17) is 0 Å². The van der Waals surface area contributed by atoms with Crippen LogP contribution in [0.5, 0.6) is 0 Å². The lowest BCUT2D eigenvalue weighted by atomic mass is 10.1. The molecule has 0 radical (unpaired) electrons. The molecule has 1 aliphatic heterocycles. The van der Waals surface area contributed by atoms with Crippen LogP contribution in [-0.2, 0) is 9.59 Å². The molecule has 0 saturated heterocycles. The Labute approximate surface area is 192 Å². The minimum Gasteiger partial charge on any atom is -0.345 e. The van der Waals surface area contributed by atoms with Crippen LogP contribution in [0.4, 0.5) is 5.69 Å². The number of unbranched alkanes of at least 4 members (excludes halogenated alkanes) is 9. The van der Waals surface area contributed by atoms with E-state index in [2.05, 4.69) is 12.2 Å². The lowest BCUT2D eigenvalue weighted by Gasteiger charge is -2.14. The Kier molecular flexibility index (Phi) is 9.48. The van der Waals surface area contributed by atoms with E-state index >= 15 is 0 Å². The number of aromatic nitrogens is 1. The molecule has 5 heteroatoms. The maximum atomic E-state index is 13.2. The van der Waals surface area contributed by atoms with Crippen molar-refractivity contribution in [2.45, 2.75) is 71.1 Å². The average molecular weight is 435 g/mol. The summed E-state index contributed by atoms with van der Waals surface area (Å²) < 4.78 is 1.73. The average Bonchev–Trinajstić information content (AvgIpc) is 3.05. The molecule has 32 heavy (non-hydrogen) atoms. The minimum absolute atomic E-state index is 0.236. The van der Waals surface area contributed by atoms with Crippen molar-refractivity contribution in [2.75, 3.05) is 11.9 Å². The summed E-state index contributed by atoms with van der Waals surface area (Å²) in [6.45, 7) is 2.71. The first-order valence-electron chi connectivity index (χ1n) is 12.1. The molecule has 0 aliphatic carbocycles. The maximum Gasteiger partial charge on any atom is 0.328 e. The third kappa shape index (κ3) is 6.52. The summed E-state index contributed by atoms with van der Waals surface area (Å²) in [6, 6.07) is 15.1. The van der Waals surface area contributed by atoms with Crippen molar-refractivity contribution >= 4 is 23.2 Å². The molecule has 0 saturated carbocycles. The number of amides is 2. The Morgan fingerprint density at radius 3 is 1.91 bits per heavy atom. The van der Waals surface area contributed by atoms with Gasteiger partial charge in [-0.2, -0.15) is 4.57 Å². The number of imide groups is 1. The van der Waals surface area contributed by atoms with Crippen LogP contribution in [0.15, 0.2) is 66.6 Å². The number of anilines is 1. The number of hydrogen-bond donors (Lipinski definition) is 1. The van der Waals surface area contributed by atoms with Gasteiger partial charge in [0.15, 0.2) is 18.1 Å². The van der Waals surface area contributed by atoms with Gasteiger partial charge in [0.05, 0.1) is 0 Å². The summed E-state index contributed by atoms with van der Waals surface area (Å²) in [5.74, 6) is -0.485. The topological polar surface area (TPSA) is 53.3 Å². The first-order chi connectivity index (χ1) is 15.7. The number of benzene rings is 1. The van der Waals surface area contributed by atoms with E-state index in [0.29, 0.717) is 17.9 Å². The Morgan fingerprint density at radius 2 is 1.28 bits per heavy atom. The lowest BCUT2D eigenvalue weighted by molar-refractivity contribution is -0.577. The van der Waals surface area contributed by atoms with Crippen molar-refractivity contribution in [1.29, 1.82) is 0 Å². The molecule has 5 nitrogen and oxygen atoms in total. The molecule has 0 bridgehead atoms. The molecule has 0 atom stereocenters. The van der Waals surface area contributed by atoms with Crippen LogP contribution in [0, 0.1) is 0 Å². The molecule has 0 spiro atoms. The molecule has 2 aromatic rings. The van der Waals surface area contributed by atoms with Crippen LogP contribution in [0.3, 0.4) is 0 Å². The summed E-state index contributed by atoms with van der Waals surface area (Å²) in [5, 5.41) is 3.19. The zero-order chi connectivity index (χ0) is 22.6. The molecule has 1 N–H and O–H groups in total. The van der Waals surface area contributed by atoms with Crippen molar-refractivity contribution in [3.05, 3.63) is 66.6 Å². The maximum absolute atomic E-state index is 13.2. The van der Waals surface area contributed by atoms with Crippen molar-refractivity contribution < 1.29 is 14.2 Å². The summed E-state index contributed by atoms with van der Waals surface area (Å²) in [5.41, 5.74) is 1.51. The van der Waals surface area contributed by atoms with Gasteiger partial charge in [0.25, 0.3) is 5.91 Å². The number of nitrogens with zero attached hydrogens (tertiary/aromatic N) is 2. The fourth-order valence-corrected chi connectivity index (χ4v) is 4.09. The van der Waals surface area contributed by atoms with Crippen molar-refractivity contribution in [2.24, 2.45) is 0 Å². The molecule has 0 fully saturated rings. The fraction of sp³-hybridized carbons (Fsp3) is 0.444. The third-order valence-corrected chi connectivity index (χ3v) is 5.90. The van der Waals surface area contributed by atoms with Gasteiger partial charge in [0.2, 0.25) is 0 Å². The molecule has 1 aromatic carbocycles. The highest BCUT2D eigenvalue weighted by Crippen LogP contribution is 2.23. The highest BCUT2D eigenvalue weighted by Gasteiger charge is 2.44. The van der Waals surface area contributed by atoms with Crippen LogP contribution >= 0.6 is 0 Å². The van der Waals surface area contributed by atoms with Crippen LogP contribution in [0.2, 0.25) is 0 Å².